The summed E-state index contributed by atoms with van der Waals surface area (Å²) in [5, 5.41) is 8.48. The molecule has 0 saturated heterocycles. The number of aryl methyl sites for hydroxylation is 1. The summed E-state index contributed by atoms with van der Waals surface area (Å²) >= 11 is 3.47. The van der Waals surface area contributed by atoms with E-state index in [2.05, 4.69) is 31.1 Å². The van der Waals surface area contributed by atoms with Crippen LogP contribution in [-0.2, 0) is 0 Å². The van der Waals surface area contributed by atoms with Crippen LogP contribution in [0.15, 0.2) is 57.2 Å². The van der Waals surface area contributed by atoms with Crippen LogP contribution in [0.1, 0.15) is 5.56 Å². The molecule has 0 spiro atoms. The molecule has 0 aliphatic carbocycles. The molecule has 19 heavy (non-hydrogen) atoms. The summed E-state index contributed by atoms with van der Waals surface area (Å²) in [6.07, 6.45) is 0. The van der Waals surface area contributed by atoms with E-state index in [1.54, 1.807) is 0 Å². The van der Waals surface area contributed by atoms with Crippen LogP contribution in [-0.4, -0.2) is 14.1 Å². The van der Waals surface area contributed by atoms with E-state index in [1.165, 1.54) is 0 Å². The SMILES string of the molecule is Cc1cc(N=Nc2ccc(N(C)C)cc2)ccc1Br. The van der Waals surface area contributed by atoms with E-state index >= 15 is 0 Å². The maximum atomic E-state index is 4.24. The molecule has 0 aromatic heterocycles. The number of benzene rings is 2. The highest BCUT2D eigenvalue weighted by Gasteiger charge is 1.97. The topological polar surface area (TPSA) is 28.0 Å². The molecular formula is C15H16BrN3. The van der Waals surface area contributed by atoms with Crippen molar-refractivity contribution in [2.24, 2.45) is 10.2 Å². The Labute approximate surface area is 122 Å². The van der Waals surface area contributed by atoms with Crippen LogP contribution >= 0.6 is 15.9 Å². The molecule has 0 aliphatic rings. The molecule has 0 heterocycles. The Bertz CT molecular complexity index is 589. The Balaban J connectivity index is 2.15. The van der Waals surface area contributed by atoms with Crippen LogP contribution in [0, 0.1) is 6.92 Å². The lowest BCUT2D eigenvalue weighted by Gasteiger charge is -2.11. The third-order valence-corrected chi connectivity index (χ3v) is 3.68. The summed E-state index contributed by atoms with van der Waals surface area (Å²) in [5.74, 6) is 0. The maximum absolute atomic E-state index is 4.24. The summed E-state index contributed by atoms with van der Waals surface area (Å²) in [4.78, 5) is 2.05. The second-order valence-electron chi connectivity index (χ2n) is 4.54. The van der Waals surface area contributed by atoms with Crippen LogP contribution in [0.3, 0.4) is 0 Å². The van der Waals surface area contributed by atoms with E-state index in [0.717, 1.165) is 27.1 Å². The highest BCUT2D eigenvalue weighted by molar-refractivity contribution is 9.10. The number of azo groups is 1. The van der Waals surface area contributed by atoms with Crippen LogP contribution in [0.5, 0.6) is 0 Å². The van der Waals surface area contributed by atoms with E-state index in [-0.39, 0.29) is 0 Å². The van der Waals surface area contributed by atoms with Gasteiger partial charge in [0, 0.05) is 24.3 Å². The molecule has 0 atom stereocenters. The third-order valence-electron chi connectivity index (χ3n) is 2.79. The van der Waals surface area contributed by atoms with E-state index in [4.69, 9.17) is 0 Å². The molecule has 2 rings (SSSR count). The van der Waals surface area contributed by atoms with Gasteiger partial charge in [-0.25, -0.2) is 0 Å². The first-order valence-corrected chi connectivity index (χ1v) is 6.81. The average molecular weight is 318 g/mol. The molecule has 0 unspecified atom stereocenters. The Morgan fingerprint density at radius 2 is 1.47 bits per heavy atom. The highest BCUT2D eigenvalue weighted by Crippen LogP contribution is 2.24. The standard InChI is InChI=1S/C15H16BrN3/c1-11-10-13(6-9-15(11)16)18-17-12-4-7-14(8-5-12)19(2)3/h4-10H,1-3H3. The molecule has 0 N–H and O–H groups in total. The maximum Gasteiger partial charge on any atom is 0.0860 e. The monoisotopic (exact) mass is 317 g/mol. The minimum atomic E-state index is 0.853. The second-order valence-corrected chi connectivity index (χ2v) is 5.40. The summed E-state index contributed by atoms with van der Waals surface area (Å²) in [7, 11) is 4.03. The zero-order valence-electron chi connectivity index (χ0n) is 11.3. The van der Waals surface area contributed by atoms with Gasteiger partial charge in [-0.15, -0.1) is 0 Å². The van der Waals surface area contributed by atoms with Crippen molar-refractivity contribution in [3.05, 3.63) is 52.5 Å². The lowest BCUT2D eigenvalue weighted by molar-refractivity contribution is 1.13. The molecule has 0 aliphatic heterocycles. The zero-order valence-corrected chi connectivity index (χ0v) is 12.8. The summed E-state index contributed by atoms with van der Waals surface area (Å²) in [5.41, 5.74) is 4.02. The van der Waals surface area contributed by atoms with E-state index in [1.807, 2.05) is 63.5 Å². The smallest absolute Gasteiger partial charge is 0.0860 e. The van der Waals surface area contributed by atoms with Gasteiger partial charge < -0.3 is 4.90 Å². The van der Waals surface area contributed by atoms with Gasteiger partial charge in [0.15, 0.2) is 0 Å². The Kier molecular flexibility index (Phi) is 4.32. The summed E-state index contributed by atoms with van der Waals surface area (Å²) in [6, 6.07) is 13.9. The van der Waals surface area contributed by atoms with Crippen LogP contribution in [0.4, 0.5) is 17.1 Å². The minimum Gasteiger partial charge on any atom is -0.378 e. The fraction of sp³-hybridized carbons (Fsp3) is 0.200. The van der Waals surface area contributed by atoms with Gasteiger partial charge in [0.05, 0.1) is 11.4 Å². The predicted molar refractivity (Wildman–Crippen MR) is 83.8 cm³/mol. The van der Waals surface area contributed by atoms with Gasteiger partial charge in [0.1, 0.15) is 0 Å². The number of hydrogen-bond acceptors (Lipinski definition) is 3. The predicted octanol–water partition coefficient (Wildman–Crippen LogP) is 5.24. The Morgan fingerprint density at radius 3 is 2.05 bits per heavy atom. The quantitative estimate of drug-likeness (QED) is 0.711. The number of nitrogens with zero attached hydrogens (tertiary/aromatic N) is 3. The molecule has 0 saturated carbocycles. The van der Waals surface area contributed by atoms with Crippen molar-refractivity contribution in [3.8, 4) is 0 Å². The molecule has 2 aromatic rings. The van der Waals surface area contributed by atoms with Crippen molar-refractivity contribution in [1.29, 1.82) is 0 Å². The lowest BCUT2D eigenvalue weighted by Crippen LogP contribution is -2.07. The lowest BCUT2D eigenvalue weighted by atomic mass is 10.2. The van der Waals surface area contributed by atoms with Crippen molar-refractivity contribution in [2.45, 2.75) is 6.92 Å². The van der Waals surface area contributed by atoms with E-state index in [0.29, 0.717) is 0 Å². The van der Waals surface area contributed by atoms with Crippen molar-refractivity contribution in [2.75, 3.05) is 19.0 Å². The molecule has 0 radical (unpaired) electrons. The van der Waals surface area contributed by atoms with Gasteiger partial charge in [-0.1, -0.05) is 15.9 Å². The Morgan fingerprint density at radius 1 is 0.895 bits per heavy atom. The Hall–Kier alpha value is -1.68. The molecule has 0 amide bonds. The zero-order chi connectivity index (χ0) is 13.8. The van der Waals surface area contributed by atoms with Crippen molar-refractivity contribution in [1.82, 2.24) is 0 Å². The number of halogens is 1. The number of anilines is 1. The molecule has 98 valence electrons. The first-order chi connectivity index (χ1) is 9.06. The van der Waals surface area contributed by atoms with Gasteiger partial charge >= 0.3 is 0 Å². The largest absolute Gasteiger partial charge is 0.378 e. The van der Waals surface area contributed by atoms with Crippen LogP contribution < -0.4 is 4.90 Å². The molecule has 0 bridgehead atoms. The fourth-order valence-corrected chi connectivity index (χ4v) is 1.87. The second kappa shape index (κ2) is 5.97. The van der Waals surface area contributed by atoms with Crippen molar-refractivity contribution < 1.29 is 0 Å². The molecule has 4 heteroatoms. The summed E-state index contributed by atoms with van der Waals surface area (Å²) < 4.78 is 1.08. The first-order valence-electron chi connectivity index (χ1n) is 6.01. The molecular weight excluding hydrogens is 302 g/mol. The fourth-order valence-electron chi connectivity index (χ4n) is 1.62. The summed E-state index contributed by atoms with van der Waals surface area (Å²) in [6.45, 7) is 2.04. The number of rotatable bonds is 3. The molecule has 3 nitrogen and oxygen atoms in total. The van der Waals surface area contributed by atoms with Gasteiger partial charge in [-0.05, 0) is 55.0 Å². The molecule has 0 fully saturated rings. The van der Waals surface area contributed by atoms with E-state index in [9.17, 15) is 0 Å². The van der Waals surface area contributed by atoms with Gasteiger partial charge in [0.25, 0.3) is 0 Å². The minimum absolute atomic E-state index is 0.853. The number of hydrogen-bond donors (Lipinski definition) is 0. The van der Waals surface area contributed by atoms with Crippen LogP contribution in [0.2, 0.25) is 0 Å². The highest BCUT2D eigenvalue weighted by atomic mass is 79.9. The van der Waals surface area contributed by atoms with E-state index < -0.39 is 0 Å². The van der Waals surface area contributed by atoms with Gasteiger partial charge in [-0.2, -0.15) is 10.2 Å². The third kappa shape index (κ3) is 3.64. The molecule has 2 aromatic carbocycles. The average Bonchev–Trinajstić information content (AvgIpc) is 2.40. The first kappa shape index (κ1) is 13.7. The van der Waals surface area contributed by atoms with Gasteiger partial charge in [-0.3, -0.25) is 0 Å². The van der Waals surface area contributed by atoms with Crippen LogP contribution in [0.25, 0.3) is 0 Å². The normalized spacial score (nSPS) is 10.9. The van der Waals surface area contributed by atoms with Crippen molar-refractivity contribution >= 4 is 33.0 Å². The van der Waals surface area contributed by atoms with Crippen molar-refractivity contribution in [3.63, 3.8) is 0 Å². The van der Waals surface area contributed by atoms with Gasteiger partial charge in [0.2, 0.25) is 0 Å².